The first kappa shape index (κ1) is 11.9. The minimum atomic E-state index is 0.133. The zero-order valence-corrected chi connectivity index (χ0v) is 10.8. The molecule has 0 bridgehead atoms. The van der Waals surface area contributed by atoms with Crippen molar-refractivity contribution in [2.24, 2.45) is 23.7 Å². The van der Waals surface area contributed by atoms with Crippen molar-refractivity contribution in [3.8, 4) is 0 Å². The van der Waals surface area contributed by atoms with E-state index in [1.807, 2.05) is 0 Å². The predicted octanol–water partition coefficient (Wildman–Crippen LogP) is 2.97. The van der Waals surface area contributed by atoms with Crippen LogP contribution in [0.3, 0.4) is 0 Å². The second-order valence-corrected chi connectivity index (χ2v) is 6.31. The van der Waals surface area contributed by atoms with Crippen molar-refractivity contribution < 1.29 is 4.79 Å². The van der Waals surface area contributed by atoms with Gasteiger partial charge in [-0.3, -0.25) is 4.79 Å². The van der Waals surface area contributed by atoms with E-state index in [9.17, 15) is 4.79 Å². The third kappa shape index (κ3) is 1.99. The minimum Gasteiger partial charge on any atom is -0.353 e. The van der Waals surface area contributed by atoms with Crippen LogP contribution in [0.4, 0.5) is 0 Å². The Morgan fingerprint density at radius 1 is 1.25 bits per heavy atom. The van der Waals surface area contributed by atoms with Crippen molar-refractivity contribution >= 4 is 6.41 Å². The molecule has 0 aromatic heterocycles. The maximum Gasteiger partial charge on any atom is 0.207 e. The highest BCUT2D eigenvalue weighted by molar-refractivity contribution is 5.49. The van der Waals surface area contributed by atoms with Gasteiger partial charge in [0, 0.05) is 5.54 Å². The van der Waals surface area contributed by atoms with Gasteiger partial charge in [0.25, 0.3) is 0 Å². The Kier molecular flexibility index (Phi) is 3.27. The summed E-state index contributed by atoms with van der Waals surface area (Å²) in [5.74, 6) is 2.89. The zero-order valence-electron chi connectivity index (χ0n) is 10.8. The molecular weight excluding hydrogens is 198 g/mol. The summed E-state index contributed by atoms with van der Waals surface area (Å²) in [6, 6.07) is 0. The van der Waals surface area contributed by atoms with E-state index in [4.69, 9.17) is 0 Å². The van der Waals surface area contributed by atoms with Gasteiger partial charge in [0.05, 0.1) is 0 Å². The second kappa shape index (κ2) is 4.38. The van der Waals surface area contributed by atoms with Gasteiger partial charge in [-0.2, -0.15) is 0 Å². The van der Waals surface area contributed by atoms with Gasteiger partial charge in [-0.1, -0.05) is 27.2 Å². The first-order valence-electron chi connectivity index (χ1n) is 6.81. The molecule has 0 heterocycles. The van der Waals surface area contributed by atoms with Gasteiger partial charge in [-0.15, -0.1) is 0 Å². The molecule has 0 radical (unpaired) electrons. The lowest BCUT2D eigenvalue weighted by molar-refractivity contribution is -0.113. The summed E-state index contributed by atoms with van der Waals surface area (Å²) < 4.78 is 0. The molecule has 1 amide bonds. The summed E-state index contributed by atoms with van der Waals surface area (Å²) in [5.41, 5.74) is 0.133. The van der Waals surface area contributed by atoms with Gasteiger partial charge < -0.3 is 5.32 Å². The van der Waals surface area contributed by atoms with Gasteiger partial charge in [0.2, 0.25) is 6.41 Å². The van der Waals surface area contributed by atoms with E-state index in [0.29, 0.717) is 11.8 Å². The molecule has 2 rings (SSSR count). The highest BCUT2D eigenvalue weighted by Crippen LogP contribution is 2.53. The topological polar surface area (TPSA) is 29.1 Å². The largest absolute Gasteiger partial charge is 0.353 e. The van der Waals surface area contributed by atoms with Crippen LogP contribution in [0.15, 0.2) is 0 Å². The molecule has 2 aliphatic rings. The quantitative estimate of drug-likeness (QED) is 0.729. The van der Waals surface area contributed by atoms with E-state index >= 15 is 0 Å². The number of carbonyl (C=O) groups is 1. The molecule has 2 nitrogen and oxygen atoms in total. The molecule has 0 aromatic carbocycles. The first-order chi connectivity index (χ1) is 7.60. The molecule has 2 aliphatic carbocycles. The smallest absolute Gasteiger partial charge is 0.207 e. The van der Waals surface area contributed by atoms with Gasteiger partial charge in [-0.25, -0.2) is 0 Å². The molecule has 2 fully saturated rings. The normalized spacial score (nSPS) is 39.8. The summed E-state index contributed by atoms with van der Waals surface area (Å²) in [6.45, 7) is 6.95. The van der Waals surface area contributed by atoms with Crippen LogP contribution < -0.4 is 5.32 Å². The highest BCUT2D eigenvalue weighted by Gasteiger charge is 2.52. The molecule has 0 saturated heterocycles. The summed E-state index contributed by atoms with van der Waals surface area (Å²) in [6.07, 6.45) is 7.40. The molecule has 3 unspecified atom stereocenters. The van der Waals surface area contributed by atoms with Crippen LogP contribution in [0.5, 0.6) is 0 Å². The van der Waals surface area contributed by atoms with Crippen molar-refractivity contribution in [2.75, 3.05) is 0 Å². The maximum atomic E-state index is 11.0. The van der Waals surface area contributed by atoms with Crippen LogP contribution in [0.2, 0.25) is 0 Å². The second-order valence-electron chi connectivity index (χ2n) is 6.31. The SMILES string of the molecule is CC1CCC(C(C)C)C(NC=O)(C2CC2)C1. The summed E-state index contributed by atoms with van der Waals surface area (Å²) in [4.78, 5) is 11.0. The van der Waals surface area contributed by atoms with E-state index < -0.39 is 0 Å². The number of carbonyl (C=O) groups excluding carboxylic acids is 1. The van der Waals surface area contributed by atoms with Crippen molar-refractivity contribution in [1.82, 2.24) is 5.32 Å². The Morgan fingerprint density at radius 2 is 1.94 bits per heavy atom. The van der Waals surface area contributed by atoms with Crippen LogP contribution in [0.25, 0.3) is 0 Å². The van der Waals surface area contributed by atoms with Gasteiger partial charge in [-0.05, 0) is 49.4 Å². The van der Waals surface area contributed by atoms with Crippen molar-refractivity contribution in [2.45, 2.75) is 58.4 Å². The number of nitrogens with one attached hydrogen (secondary N) is 1. The fourth-order valence-corrected chi connectivity index (χ4v) is 3.94. The molecule has 2 heteroatoms. The molecular formula is C14H25NO. The fourth-order valence-electron chi connectivity index (χ4n) is 3.94. The Labute approximate surface area is 99.2 Å². The molecule has 3 atom stereocenters. The molecule has 92 valence electrons. The summed E-state index contributed by atoms with van der Waals surface area (Å²) >= 11 is 0. The van der Waals surface area contributed by atoms with Crippen molar-refractivity contribution in [1.29, 1.82) is 0 Å². The lowest BCUT2D eigenvalue weighted by Crippen LogP contribution is -2.57. The lowest BCUT2D eigenvalue weighted by Gasteiger charge is -2.48. The molecule has 16 heavy (non-hydrogen) atoms. The molecule has 1 N–H and O–H groups in total. The number of rotatable bonds is 4. The standard InChI is InChI=1S/C14H25NO/c1-10(2)13-7-4-11(3)8-14(13,15-9-16)12-5-6-12/h9-13H,4-8H2,1-3H3,(H,15,16). The Hall–Kier alpha value is -0.530. The summed E-state index contributed by atoms with van der Waals surface area (Å²) in [7, 11) is 0. The van der Waals surface area contributed by atoms with Crippen molar-refractivity contribution in [3.05, 3.63) is 0 Å². The minimum absolute atomic E-state index is 0.133. The van der Waals surface area contributed by atoms with E-state index in [1.54, 1.807) is 0 Å². The number of hydrogen-bond acceptors (Lipinski definition) is 1. The van der Waals surface area contributed by atoms with Crippen molar-refractivity contribution in [3.63, 3.8) is 0 Å². The maximum absolute atomic E-state index is 11.0. The Morgan fingerprint density at radius 3 is 2.44 bits per heavy atom. The van der Waals surface area contributed by atoms with Gasteiger partial charge >= 0.3 is 0 Å². The monoisotopic (exact) mass is 223 g/mol. The lowest BCUT2D eigenvalue weighted by atomic mass is 9.63. The molecule has 0 aromatic rings. The van der Waals surface area contributed by atoms with E-state index in [-0.39, 0.29) is 5.54 Å². The van der Waals surface area contributed by atoms with E-state index in [1.165, 1.54) is 32.1 Å². The van der Waals surface area contributed by atoms with Gasteiger partial charge in [0.1, 0.15) is 0 Å². The molecule has 0 aliphatic heterocycles. The summed E-state index contributed by atoms with van der Waals surface area (Å²) in [5, 5.41) is 3.24. The third-order valence-corrected chi connectivity index (χ3v) is 4.76. The Bertz CT molecular complexity index is 259. The number of hydrogen-bond donors (Lipinski definition) is 1. The number of amides is 1. The third-order valence-electron chi connectivity index (χ3n) is 4.76. The average molecular weight is 223 g/mol. The van der Waals surface area contributed by atoms with Crippen LogP contribution in [-0.4, -0.2) is 11.9 Å². The van der Waals surface area contributed by atoms with E-state index in [2.05, 4.69) is 26.1 Å². The molecule has 0 spiro atoms. The van der Waals surface area contributed by atoms with Crippen LogP contribution in [0.1, 0.15) is 52.9 Å². The predicted molar refractivity (Wildman–Crippen MR) is 66.0 cm³/mol. The van der Waals surface area contributed by atoms with E-state index in [0.717, 1.165) is 18.2 Å². The highest BCUT2D eigenvalue weighted by atomic mass is 16.1. The molecule has 2 saturated carbocycles. The fraction of sp³-hybridized carbons (Fsp3) is 0.929. The van der Waals surface area contributed by atoms with Gasteiger partial charge in [0.15, 0.2) is 0 Å². The Balaban J connectivity index is 2.23. The zero-order chi connectivity index (χ0) is 11.8. The van der Waals surface area contributed by atoms with Crippen LogP contribution >= 0.6 is 0 Å². The first-order valence-corrected chi connectivity index (χ1v) is 6.81. The average Bonchev–Trinajstić information content (AvgIpc) is 3.00. The van der Waals surface area contributed by atoms with Crippen LogP contribution in [-0.2, 0) is 4.79 Å². The van der Waals surface area contributed by atoms with Crippen LogP contribution in [0, 0.1) is 23.7 Å².